The number of carbonyl (C=O) groups excluding carboxylic acids is 1. The average Bonchev–Trinajstić information content (AvgIpc) is 2.48. The highest BCUT2D eigenvalue weighted by molar-refractivity contribution is 9.10. The monoisotopic (exact) mass is 331 g/mol. The van der Waals surface area contributed by atoms with Crippen LogP contribution in [0, 0.1) is 0 Å². The molecule has 2 aromatic carbocycles. The molecule has 0 heterocycles. The van der Waals surface area contributed by atoms with Gasteiger partial charge in [0.25, 0.3) is 5.91 Å². The highest BCUT2D eigenvalue weighted by Crippen LogP contribution is 2.22. The Morgan fingerprint density at radius 2 is 1.75 bits per heavy atom. The molecule has 0 spiro atoms. The number of nitrogens with one attached hydrogen (secondary N) is 1. The summed E-state index contributed by atoms with van der Waals surface area (Å²) in [6.07, 6.45) is 1.73. The zero-order valence-corrected chi connectivity index (χ0v) is 13.3. The minimum atomic E-state index is -0.0422. The molecule has 0 bridgehead atoms. The highest BCUT2D eigenvalue weighted by Gasteiger charge is 2.11. The van der Waals surface area contributed by atoms with Crippen LogP contribution in [-0.2, 0) is 12.8 Å². The van der Waals surface area contributed by atoms with Crippen molar-refractivity contribution in [3.63, 3.8) is 0 Å². The SMILES string of the molecule is CCc1cc(Br)ccc1NC(=O)c1ccccc1CC. The second-order valence-corrected chi connectivity index (χ2v) is 5.54. The molecule has 2 nitrogen and oxygen atoms in total. The molecular formula is C17H18BrNO. The van der Waals surface area contributed by atoms with Crippen molar-refractivity contribution in [2.75, 3.05) is 5.32 Å². The van der Waals surface area contributed by atoms with Gasteiger partial charge < -0.3 is 5.32 Å². The fourth-order valence-corrected chi connectivity index (χ4v) is 2.63. The molecule has 2 aromatic rings. The van der Waals surface area contributed by atoms with E-state index in [4.69, 9.17) is 0 Å². The predicted octanol–water partition coefficient (Wildman–Crippen LogP) is 4.83. The molecule has 0 aliphatic rings. The van der Waals surface area contributed by atoms with Crippen LogP contribution in [0.1, 0.15) is 35.3 Å². The molecule has 0 unspecified atom stereocenters. The van der Waals surface area contributed by atoms with E-state index in [1.54, 1.807) is 0 Å². The van der Waals surface area contributed by atoms with Gasteiger partial charge in [-0.2, -0.15) is 0 Å². The van der Waals surface area contributed by atoms with Crippen LogP contribution in [-0.4, -0.2) is 5.91 Å². The van der Waals surface area contributed by atoms with Crippen molar-refractivity contribution in [1.82, 2.24) is 0 Å². The van der Waals surface area contributed by atoms with Crippen LogP contribution in [0.5, 0.6) is 0 Å². The Hall–Kier alpha value is -1.61. The molecule has 0 fully saturated rings. The Morgan fingerprint density at radius 1 is 1.05 bits per heavy atom. The van der Waals surface area contributed by atoms with Gasteiger partial charge in [-0.25, -0.2) is 0 Å². The summed E-state index contributed by atoms with van der Waals surface area (Å²) in [5, 5.41) is 3.02. The van der Waals surface area contributed by atoms with E-state index in [0.29, 0.717) is 0 Å². The lowest BCUT2D eigenvalue weighted by Gasteiger charge is -2.12. The van der Waals surface area contributed by atoms with Crippen LogP contribution in [0.4, 0.5) is 5.69 Å². The third-order valence-electron chi connectivity index (χ3n) is 3.34. The largest absolute Gasteiger partial charge is 0.322 e. The van der Waals surface area contributed by atoms with Crippen LogP contribution >= 0.6 is 15.9 Å². The molecule has 0 saturated heterocycles. The van der Waals surface area contributed by atoms with Gasteiger partial charge in [-0.1, -0.05) is 48.0 Å². The van der Waals surface area contributed by atoms with E-state index < -0.39 is 0 Å². The minimum absolute atomic E-state index is 0.0422. The predicted molar refractivity (Wildman–Crippen MR) is 87.3 cm³/mol. The van der Waals surface area contributed by atoms with Crippen molar-refractivity contribution in [2.45, 2.75) is 26.7 Å². The summed E-state index contributed by atoms with van der Waals surface area (Å²) in [5.74, 6) is -0.0422. The number of hydrogen-bond acceptors (Lipinski definition) is 1. The summed E-state index contributed by atoms with van der Waals surface area (Å²) in [6, 6.07) is 13.7. The molecular weight excluding hydrogens is 314 g/mol. The van der Waals surface area contributed by atoms with E-state index in [1.165, 1.54) is 0 Å². The normalized spacial score (nSPS) is 10.3. The first-order valence-corrected chi connectivity index (χ1v) is 7.62. The minimum Gasteiger partial charge on any atom is -0.322 e. The van der Waals surface area contributed by atoms with Crippen molar-refractivity contribution < 1.29 is 4.79 Å². The zero-order valence-electron chi connectivity index (χ0n) is 11.7. The van der Waals surface area contributed by atoms with Gasteiger partial charge in [0, 0.05) is 15.7 Å². The first kappa shape index (κ1) is 14.8. The smallest absolute Gasteiger partial charge is 0.255 e. The van der Waals surface area contributed by atoms with Crippen LogP contribution < -0.4 is 5.32 Å². The summed E-state index contributed by atoms with van der Waals surface area (Å²) >= 11 is 3.46. The second-order valence-electron chi connectivity index (χ2n) is 4.62. The van der Waals surface area contributed by atoms with Gasteiger partial charge in [-0.05, 0) is 48.2 Å². The summed E-state index contributed by atoms with van der Waals surface area (Å²) in [7, 11) is 0. The first-order valence-electron chi connectivity index (χ1n) is 6.83. The topological polar surface area (TPSA) is 29.1 Å². The highest BCUT2D eigenvalue weighted by atomic mass is 79.9. The van der Waals surface area contributed by atoms with Crippen molar-refractivity contribution in [1.29, 1.82) is 0 Å². The Bertz CT molecular complexity index is 622. The van der Waals surface area contributed by atoms with Crippen LogP contribution in [0.25, 0.3) is 0 Å². The number of anilines is 1. The van der Waals surface area contributed by atoms with Crippen molar-refractivity contribution in [3.05, 3.63) is 63.6 Å². The first-order chi connectivity index (χ1) is 9.65. The Morgan fingerprint density at radius 3 is 2.45 bits per heavy atom. The number of hydrogen-bond donors (Lipinski definition) is 1. The lowest BCUT2D eigenvalue weighted by molar-refractivity contribution is 0.102. The standard InChI is InChI=1S/C17H18BrNO/c1-3-12-7-5-6-8-15(12)17(20)19-16-10-9-14(18)11-13(16)4-2/h5-11H,3-4H2,1-2H3,(H,19,20). The quantitative estimate of drug-likeness (QED) is 0.854. The van der Waals surface area contributed by atoms with Crippen molar-refractivity contribution >= 4 is 27.5 Å². The van der Waals surface area contributed by atoms with Gasteiger partial charge in [0.05, 0.1) is 0 Å². The number of rotatable bonds is 4. The Balaban J connectivity index is 2.28. The van der Waals surface area contributed by atoms with Gasteiger partial charge in [0.1, 0.15) is 0 Å². The summed E-state index contributed by atoms with van der Waals surface area (Å²) in [5.41, 5.74) is 3.83. The molecule has 0 aliphatic carbocycles. The third kappa shape index (κ3) is 3.28. The van der Waals surface area contributed by atoms with Gasteiger partial charge in [-0.3, -0.25) is 4.79 Å². The molecule has 2 rings (SSSR count). The fourth-order valence-electron chi connectivity index (χ4n) is 2.22. The van der Waals surface area contributed by atoms with E-state index in [9.17, 15) is 4.79 Å². The van der Waals surface area contributed by atoms with Gasteiger partial charge in [0.2, 0.25) is 0 Å². The fraction of sp³-hybridized carbons (Fsp3) is 0.235. The number of carbonyl (C=O) groups is 1. The Labute approximate surface area is 128 Å². The molecule has 104 valence electrons. The number of amides is 1. The molecule has 3 heteroatoms. The van der Waals surface area contributed by atoms with Gasteiger partial charge in [-0.15, -0.1) is 0 Å². The van der Waals surface area contributed by atoms with Gasteiger partial charge in [0.15, 0.2) is 0 Å². The summed E-state index contributed by atoms with van der Waals surface area (Å²) in [4.78, 5) is 12.4. The van der Waals surface area contributed by atoms with E-state index in [2.05, 4.69) is 35.1 Å². The lowest BCUT2D eigenvalue weighted by Crippen LogP contribution is -2.15. The van der Waals surface area contributed by atoms with Crippen LogP contribution in [0.15, 0.2) is 46.9 Å². The number of benzene rings is 2. The summed E-state index contributed by atoms with van der Waals surface area (Å²) in [6.45, 7) is 4.14. The third-order valence-corrected chi connectivity index (χ3v) is 3.83. The van der Waals surface area contributed by atoms with Crippen LogP contribution in [0.3, 0.4) is 0 Å². The average molecular weight is 332 g/mol. The maximum absolute atomic E-state index is 12.4. The van der Waals surface area contributed by atoms with E-state index in [-0.39, 0.29) is 5.91 Å². The number of halogens is 1. The molecule has 0 atom stereocenters. The maximum atomic E-state index is 12.4. The molecule has 0 saturated carbocycles. The molecule has 0 aliphatic heterocycles. The zero-order chi connectivity index (χ0) is 14.5. The Kier molecular flexibility index (Phi) is 4.96. The molecule has 20 heavy (non-hydrogen) atoms. The van der Waals surface area contributed by atoms with E-state index in [1.807, 2.05) is 42.5 Å². The van der Waals surface area contributed by atoms with E-state index >= 15 is 0 Å². The molecule has 1 N–H and O–H groups in total. The second kappa shape index (κ2) is 6.71. The van der Waals surface area contributed by atoms with Crippen molar-refractivity contribution in [2.24, 2.45) is 0 Å². The number of aryl methyl sites for hydroxylation is 2. The lowest BCUT2D eigenvalue weighted by atomic mass is 10.0. The molecule has 0 radical (unpaired) electrons. The van der Waals surface area contributed by atoms with Gasteiger partial charge >= 0.3 is 0 Å². The maximum Gasteiger partial charge on any atom is 0.255 e. The van der Waals surface area contributed by atoms with Crippen LogP contribution in [0.2, 0.25) is 0 Å². The molecule has 1 amide bonds. The molecule has 0 aromatic heterocycles. The van der Waals surface area contributed by atoms with E-state index in [0.717, 1.165) is 39.7 Å². The summed E-state index contributed by atoms with van der Waals surface area (Å²) < 4.78 is 1.03. The van der Waals surface area contributed by atoms with Crippen molar-refractivity contribution in [3.8, 4) is 0 Å².